The highest BCUT2D eigenvalue weighted by Crippen LogP contribution is 2.32. The van der Waals surface area contributed by atoms with Gasteiger partial charge >= 0.3 is 0 Å². The lowest BCUT2D eigenvalue weighted by molar-refractivity contribution is 0.558. The van der Waals surface area contributed by atoms with Gasteiger partial charge in [-0.15, -0.1) is 0 Å². The van der Waals surface area contributed by atoms with Crippen LogP contribution in [0.25, 0.3) is 0 Å². The summed E-state index contributed by atoms with van der Waals surface area (Å²) in [6.07, 6.45) is 4.53. The third-order valence-electron chi connectivity index (χ3n) is 2.44. The number of hydrogen-bond acceptors (Lipinski definition) is 5. The first kappa shape index (κ1) is 14.3. The summed E-state index contributed by atoms with van der Waals surface area (Å²) in [5.74, 6) is 1.34. The minimum absolute atomic E-state index is 0.530. The third-order valence-corrected chi connectivity index (χ3v) is 3.27. The molecule has 104 valence electrons. The second kappa shape index (κ2) is 5.92. The van der Waals surface area contributed by atoms with Crippen molar-refractivity contribution >= 4 is 20.2 Å². The minimum atomic E-state index is -1.68. The van der Waals surface area contributed by atoms with Gasteiger partial charge in [-0.25, -0.2) is 19.9 Å². The summed E-state index contributed by atoms with van der Waals surface area (Å²) in [4.78, 5) is 16.3. The molecule has 0 unspecified atom stereocenters. The Balaban J connectivity index is 2.33. The summed E-state index contributed by atoms with van der Waals surface area (Å²) < 4.78 is 6.07. The molecule has 0 amide bonds. The second-order valence-electron chi connectivity index (χ2n) is 5.39. The van der Waals surface area contributed by atoms with Crippen LogP contribution in [0.15, 0.2) is 35.8 Å². The molecule has 0 aliphatic rings. The molecule has 0 fully saturated rings. The smallest absolute Gasteiger partial charge is 0.242 e. The number of benzene rings is 1. The predicted octanol–water partition coefficient (Wildman–Crippen LogP) is 3.14. The molecule has 0 radical (unpaired) electrons. The maximum absolute atomic E-state index is 6.07. The van der Waals surface area contributed by atoms with Crippen molar-refractivity contribution in [3.63, 3.8) is 0 Å². The van der Waals surface area contributed by atoms with Crippen LogP contribution in [0.4, 0.5) is 5.69 Å². The molecular weight excluding hydrogens is 268 g/mol. The van der Waals surface area contributed by atoms with Crippen molar-refractivity contribution in [2.75, 3.05) is 0 Å². The van der Waals surface area contributed by atoms with E-state index in [1.54, 1.807) is 6.21 Å². The van der Waals surface area contributed by atoms with E-state index in [9.17, 15) is 0 Å². The zero-order valence-electron chi connectivity index (χ0n) is 12.2. The lowest BCUT2D eigenvalue weighted by atomic mass is 10.2. The minimum Gasteiger partial charge on any atom is -0.543 e. The van der Waals surface area contributed by atoms with Gasteiger partial charge in [0.15, 0.2) is 5.82 Å². The van der Waals surface area contributed by atoms with Crippen molar-refractivity contribution in [1.29, 1.82) is 0 Å². The number of aryl methyl sites for hydroxylation is 1. The van der Waals surface area contributed by atoms with Crippen LogP contribution in [0.2, 0.25) is 19.6 Å². The quantitative estimate of drug-likeness (QED) is 0.640. The molecule has 1 aromatic carbocycles. The molecule has 1 aromatic heterocycles. The summed E-state index contributed by atoms with van der Waals surface area (Å²) in [6.45, 7) is 8.45. The van der Waals surface area contributed by atoms with Gasteiger partial charge < -0.3 is 4.43 Å². The van der Waals surface area contributed by atoms with Crippen molar-refractivity contribution in [1.82, 2.24) is 15.0 Å². The van der Waals surface area contributed by atoms with E-state index in [2.05, 4.69) is 39.6 Å². The number of rotatable bonds is 4. The van der Waals surface area contributed by atoms with E-state index in [4.69, 9.17) is 4.43 Å². The van der Waals surface area contributed by atoms with Crippen LogP contribution in [0.5, 0.6) is 5.75 Å². The number of hydrogen-bond donors (Lipinski definition) is 0. The summed E-state index contributed by atoms with van der Waals surface area (Å²) in [7, 11) is -1.68. The molecule has 6 heteroatoms. The number of para-hydroxylation sites is 1. The third kappa shape index (κ3) is 3.96. The van der Waals surface area contributed by atoms with Crippen molar-refractivity contribution in [3.05, 3.63) is 42.2 Å². The Morgan fingerprint density at radius 1 is 1.15 bits per heavy atom. The Morgan fingerprint density at radius 3 is 2.50 bits per heavy atom. The molecule has 0 atom stereocenters. The maximum Gasteiger partial charge on any atom is 0.242 e. The molecule has 0 N–H and O–H groups in total. The zero-order chi connectivity index (χ0) is 14.6. The molecule has 20 heavy (non-hydrogen) atoms. The van der Waals surface area contributed by atoms with E-state index in [1.165, 1.54) is 12.7 Å². The van der Waals surface area contributed by atoms with E-state index >= 15 is 0 Å². The van der Waals surface area contributed by atoms with Gasteiger partial charge in [-0.2, -0.15) is 0 Å². The molecule has 0 aliphatic carbocycles. The van der Waals surface area contributed by atoms with E-state index in [-0.39, 0.29) is 0 Å². The Labute approximate surface area is 119 Å². The lowest BCUT2D eigenvalue weighted by Crippen LogP contribution is -2.29. The van der Waals surface area contributed by atoms with E-state index in [0.29, 0.717) is 5.82 Å². The first-order valence-corrected chi connectivity index (χ1v) is 9.81. The lowest BCUT2D eigenvalue weighted by Gasteiger charge is -2.21. The Morgan fingerprint density at radius 2 is 1.85 bits per heavy atom. The highest BCUT2D eigenvalue weighted by Gasteiger charge is 2.18. The molecular formula is C14H18N4OSi. The highest BCUT2D eigenvalue weighted by atomic mass is 28.4. The van der Waals surface area contributed by atoms with Crippen LogP contribution in [-0.4, -0.2) is 29.5 Å². The topological polar surface area (TPSA) is 60.3 Å². The standard InChI is InChI=1S/C14H18N4OSi/c1-11-6-5-7-12(19-20(2,3)4)14(11)16-8-13-17-9-15-10-18-13/h5-10H,1-4H3. The van der Waals surface area contributed by atoms with Crippen LogP contribution < -0.4 is 4.43 Å². The number of nitrogens with zero attached hydrogens (tertiary/aromatic N) is 4. The SMILES string of the molecule is Cc1cccc(O[Si](C)(C)C)c1N=Cc1ncncn1. The van der Waals surface area contributed by atoms with E-state index < -0.39 is 8.32 Å². The van der Waals surface area contributed by atoms with Crippen LogP contribution in [0.1, 0.15) is 11.4 Å². The van der Waals surface area contributed by atoms with Gasteiger partial charge in [0.2, 0.25) is 8.32 Å². The number of aromatic nitrogens is 3. The predicted molar refractivity (Wildman–Crippen MR) is 82.2 cm³/mol. The van der Waals surface area contributed by atoms with Crippen LogP contribution in [0.3, 0.4) is 0 Å². The molecule has 5 nitrogen and oxygen atoms in total. The fraction of sp³-hybridized carbons (Fsp3) is 0.286. The largest absolute Gasteiger partial charge is 0.543 e. The normalized spacial score (nSPS) is 11.8. The summed E-state index contributed by atoms with van der Waals surface area (Å²) in [5.41, 5.74) is 1.89. The van der Waals surface area contributed by atoms with E-state index in [0.717, 1.165) is 17.0 Å². The Kier molecular flexibility index (Phi) is 4.24. The average Bonchev–Trinajstić information content (AvgIpc) is 2.37. The van der Waals surface area contributed by atoms with Crippen molar-refractivity contribution in [2.45, 2.75) is 26.6 Å². The molecule has 0 spiro atoms. The zero-order valence-corrected chi connectivity index (χ0v) is 13.2. The summed E-state index contributed by atoms with van der Waals surface area (Å²) in [5, 5.41) is 0. The van der Waals surface area contributed by atoms with Gasteiger partial charge in [0.25, 0.3) is 0 Å². The molecule has 0 saturated heterocycles. The first-order valence-electron chi connectivity index (χ1n) is 6.40. The van der Waals surface area contributed by atoms with Crippen LogP contribution in [0, 0.1) is 6.92 Å². The van der Waals surface area contributed by atoms with Crippen LogP contribution in [-0.2, 0) is 0 Å². The van der Waals surface area contributed by atoms with Crippen molar-refractivity contribution in [3.8, 4) is 5.75 Å². The van der Waals surface area contributed by atoms with Gasteiger partial charge in [-0.05, 0) is 38.2 Å². The average molecular weight is 286 g/mol. The summed E-state index contributed by atoms with van der Waals surface area (Å²) in [6, 6.07) is 5.94. The Bertz CT molecular complexity index is 608. The molecule has 0 aliphatic heterocycles. The fourth-order valence-corrected chi connectivity index (χ4v) is 2.47. The van der Waals surface area contributed by atoms with Gasteiger partial charge in [-0.3, -0.25) is 0 Å². The summed E-state index contributed by atoms with van der Waals surface area (Å²) >= 11 is 0. The monoisotopic (exact) mass is 286 g/mol. The number of aliphatic imine (C=N–C) groups is 1. The van der Waals surface area contributed by atoms with Gasteiger partial charge in [0.05, 0.1) is 6.21 Å². The van der Waals surface area contributed by atoms with E-state index in [1.807, 2.05) is 25.1 Å². The van der Waals surface area contributed by atoms with Gasteiger partial charge in [0.1, 0.15) is 24.1 Å². The van der Waals surface area contributed by atoms with Gasteiger partial charge in [-0.1, -0.05) is 12.1 Å². The molecule has 0 bridgehead atoms. The van der Waals surface area contributed by atoms with Crippen molar-refractivity contribution in [2.24, 2.45) is 4.99 Å². The fourth-order valence-electron chi connectivity index (χ4n) is 1.65. The molecule has 0 saturated carbocycles. The second-order valence-corrected chi connectivity index (χ2v) is 9.82. The van der Waals surface area contributed by atoms with Gasteiger partial charge in [0, 0.05) is 0 Å². The maximum atomic E-state index is 6.07. The Hall–Kier alpha value is -2.08. The molecule has 1 heterocycles. The molecule has 2 rings (SSSR count). The van der Waals surface area contributed by atoms with Crippen LogP contribution >= 0.6 is 0 Å². The van der Waals surface area contributed by atoms with Crippen molar-refractivity contribution < 1.29 is 4.43 Å². The first-order chi connectivity index (χ1) is 9.46. The highest BCUT2D eigenvalue weighted by molar-refractivity contribution is 6.70. The molecule has 2 aromatic rings.